The van der Waals surface area contributed by atoms with E-state index in [0.717, 1.165) is 6.04 Å². The lowest BCUT2D eigenvalue weighted by molar-refractivity contribution is 0.253. The average Bonchev–Trinajstić information content (AvgIpc) is 2.82. The fourth-order valence-electron chi connectivity index (χ4n) is 1.42. The number of nitrogens with one attached hydrogen (secondary N) is 1. The molecule has 1 aliphatic rings. The highest BCUT2D eigenvalue weighted by atomic mass is 15.2. The second kappa shape index (κ2) is 4.07. The molecule has 66 valence electrons. The van der Waals surface area contributed by atoms with E-state index in [1.165, 1.54) is 25.9 Å². The van der Waals surface area contributed by atoms with Crippen LogP contribution in [0.1, 0.15) is 26.7 Å². The molecule has 0 spiro atoms. The first-order valence-electron chi connectivity index (χ1n) is 4.69. The Bertz CT molecular complexity index is 110. The van der Waals surface area contributed by atoms with Gasteiger partial charge in [-0.15, -0.1) is 0 Å². The molecule has 1 atom stereocenters. The third-order valence-corrected chi connectivity index (χ3v) is 2.47. The molecule has 0 aromatic rings. The van der Waals surface area contributed by atoms with E-state index in [4.69, 9.17) is 0 Å². The summed E-state index contributed by atoms with van der Waals surface area (Å²) in [5.74, 6) is 0. The van der Waals surface area contributed by atoms with Crippen molar-refractivity contribution < 1.29 is 0 Å². The fraction of sp³-hybridized carbons (Fsp3) is 1.00. The Hall–Kier alpha value is -0.0800. The van der Waals surface area contributed by atoms with Gasteiger partial charge in [-0.3, -0.25) is 4.90 Å². The van der Waals surface area contributed by atoms with Crippen LogP contribution in [0.2, 0.25) is 0 Å². The van der Waals surface area contributed by atoms with Crippen LogP contribution in [0, 0.1) is 0 Å². The summed E-state index contributed by atoms with van der Waals surface area (Å²) in [5, 5.41) is 3.27. The monoisotopic (exact) mass is 156 g/mol. The molecule has 2 nitrogen and oxygen atoms in total. The molecule has 0 aliphatic heterocycles. The predicted octanol–water partition coefficient (Wildman–Crippen LogP) is 1.08. The zero-order valence-corrected chi connectivity index (χ0v) is 7.93. The third kappa shape index (κ3) is 2.80. The first kappa shape index (κ1) is 9.01. The maximum atomic E-state index is 3.27. The highest BCUT2D eigenvalue weighted by Crippen LogP contribution is 2.26. The minimum absolute atomic E-state index is 0.635. The molecule has 1 N–H and O–H groups in total. The second-order valence-corrected chi connectivity index (χ2v) is 3.51. The number of hydrogen-bond acceptors (Lipinski definition) is 2. The van der Waals surface area contributed by atoms with E-state index >= 15 is 0 Å². The number of hydrogen-bond donors (Lipinski definition) is 1. The van der Waals surface area contributed by atoms with Gasteiger partial charge in [0.15, 0.2) is 0 Å². The normalized spacial score (nSPS) is 20.7. The first-order valence-corrected chi connectivity index (χ1v) is 4.69. The van der Waals surface area contributed by atoms with Crippen molar-refractivity contribution in [1.82, 2.24) is 10.2 Å². The zero-order valence-electron chi connectivity index (χ0n) is 7.93. The van der Waals surface area contributed by atoms with E-state index in [0.29, 0.717) is 6.04 Å². The van der Waals surface area contributed by atoms with Crippen LogP contribution in [0.4, 0.5) is 0 Å². The summed E-state index contributed by atoms with van der Waals surface area (Å²) in [7, 11) is 2.03. The van der Waals surface area contributed by atoms with Gasteiger partial charge >= 0.3 is 0 Å². The molecule has 11 heavy (non-hydrogen) atoms. The van der Waals surface area contributed by atoms with Crippen LogP contribution in [0.5, 0.6) is 0 Å². The summed E-state index contributed by atoms with van der Waals surface area (Å²) >= 11 is 0. The van der Waals surface area contributed by atoms with E-state index in [1.807, 2.05) is 7.05 Å². The van der Waals surface area contributed by atoms with E-state index in [-0.39, 0.29) is 0 Å². The largest absolute Gasteiger partial charge is 0.316 e. The smallest absolute Gasteiger partial charge is 0.0163 e. The van der Waals surface area contributed by atoms with Crippen LogP contribution in [0.3, 0.4) is 0 Å². The van der Waals surface area contributed by atoms with Gasteiger partial charge in [0.25, 0.3) is 0 Å². The second-order valence-electron chi connectivity index (χ2n) is 3.51. The van der Waals surface area contributed by atoms with Crippen molar-refractivity contribution in [1.29, 1.82) is 0 Å². The predicted molar refractivity (Wildman–Crippen MR) is 48.8 cm³/mol. The Morgan fingerprint density at radius 2 is 2.18 bits per heavy atom. The number of nitrogens with zero attached hydrogens (tertiary/aromatic N) is 1. The average molecular weight is 156 g/mol. The minimum Gasteiger partial charge on any atom is -0.316 e. The summed E-state index contributed by atoms with van der Waals surface area (Å²) in [6.07, 6.45) is 2.84. The van der Waals surface area contributed by atoms with Gasteiger partial charge in [0.1, 0.15) is 0 Å². The molecular formula is C9H20N2. The molecule has 0 heterocycles. The molecule has 0 aromatic carbocycles. The summed E-state index contributed by atoms with van der Waals surface area (Å²) in [4.78, 5) is 2.57. The molecule has 1 unspecified atom stereocenters. The maximum absolute atomic E-state index is 3.27. The lowest BCUT2D eigenvalue weighted by Gasteiger charge is -2.23. The van der Waals surface area contributed by atoms with Crippen LogP contribution >= 0.6 is 0 Å². The van der Waals surface area contributed by atoms with Crippen LogP contribution < -0.4 is 5.32 Å². The first-order chi connectivity index (χ1) is 5.27. The molecule has 1 saturated carbocycles. The minimum atomic E-state index is 0.635. The highest BCUT2D eigenvalue weighted by molar-refractivity contribution is 4.85. The molecule has 0 bridgehead atoms. The van der Waals surface area contributed by atoms with Crippen molar-refractivity contribution in [2.24, 2.45) is 0 Å². The van der Waals surface area contributed by atoms with E-state index in [2.05, 4.69) is 24.1 Å². The van der Waals surface area contributed by atoms with Crippen molar-refractivity contribution in [3.8, 4) is 0 Å². The van der Waals surface area contributed by atoms with Crippen molar-refractivity contribution in [3.63, 3.8) is 0 Å². The van der Waals surface area contributed by atoms with E-state index in [1.54, 1.807) is 0 Å². The molecule has 1 aliphatic carbocycles. The van der Waals surface area contributed by atoms with E-state index < -0.39 is 0 Å². The Balaban J connectivity index is 2.19. The summed E-state index contributed by atoms with van der Waals surface area (Å²) < 4.78 is 0. The van der Waals surface area contributed by atoms with Crippen molar-refractivity contribution in [3.05, 3.63) is 0 Å². The Labute approximate surface area is 70.0 Å². The molecule has 0 aromatic heterocycles. The van der Waals surface area contributed by atoms with Gasteiger partial charge in [-0.05, 0) is 33.4 Å². The summed E-state index contributed by atoms with van der Waals surface area (Å²) in [5.41, 5.74) is 0. The third-order valence-electron chi connectivity index (χ3n) is 2.47. The Morgan fingerprint density at radius 1 is 1.55 bits per heavy atom. The molecule has 0 radical (unpaired) electrons. The fourth-order valence-corrected chi connectivity index (χ4v) is 1.42. The Kier molecular flexibility index (Phi) is 3.34. The van der Waals surface area contributed by atoms with Crippen LogP contribution in [-0.4, -0.2) is 37.1 Å². The van der Waals surface area contributed by atoms with Gasteiger partial charge in [0, 0.05) is 18.6 Å². The topological polar surface area (TPSA) is 15.3 Å². The van der Waals surface area contributed by atoms with Gasteiger partial charge in [-0.1, -0.05) is 6.92 Å². The van der Waals surface area contributed by atoms with Gasteiger partial charge in [0.2, 0.25) is 0 Å². The highest BCUT2D eigenvalue weighted by Gasteiger charge is 2.27. The van der Waals surface area contributed by atoms with Crippen LogP contribution in [0.25, 0.3) is 0 Å². The van der Waals surface area contributed by atoms with Gasteiger partial charge in [-0.25, -0.2) is 0 Å². The number of likely N-dealkylation sites (N-methyl/N-ethyl adjacent to an activating group) is 2. The molecule has 1 rings (SSSR count). The van der Waals surface area contributed by atoms with Crippen molar-refractivity contribution in [2.45, 2.75) is 38.8 Å². The zero-order chi connectivity index (χ0) is 8.27. The lowest BCUT2D eigenvalue weighted by atomic mass is 10.3. The van der Waals surface area contributed by atoms with Crippen molar-refractivity contribution >= 4 is 0 Å². The summed E-state index contributed by atoms with van der Waals surface area (Å²) in [6.45, 7) is 6.90. The van der Waals surface area contributed by atoms with Gasteiger partial charge in [0.05, 0.1) is 0 Å². The Morgan fingerprint density at radius 3 is 2.55 bits per heavy atom. The summed E-state index contributed by atoms with van der Waals surface area (Å²) in [6, 6.07) is 1.55. The molecule has 0 saturated heterocycles. The molecular weight excluding hydrogens is 136 g/mol. The van der Waals surface area contributed by atoms with Crippen LogP contribution in [-0.2, 0) is 0 Å². The van der Waals surface area contributed by atoms with E-state index in [9.17, 15) is 0 Å². The maximum Gasteiger partial charge on any atom is 0.0163 e. The SMILES string of the molecule is CCN(CC(C)NC)C1CC1. The molecule has 0 amide bonds. The van der Waals surface area contributed by atoms with Crippen molar-refractivity contribution in [2.75, 3.05) is 20.1 Å². The quantitative estimate of drug-likeness (QED) is 0.641. The lowest BCUT2D eigenvalue weighted by Crippen LogP contribution is -2.38. The van der Waals surface area contributed by atoms with Gasteiger partial charge < -0.3 is 5.32 Å². The molecule has 1 fully saturated rings. The number of rotatable bonds is 5. The van der Waals surface area contributed by atoms with Crippen LogP contribution in [0.15, 0.2) is 0 Å². The standard InChI is InChI=1S/C9H20N2/c1-4-11(9-5-6-9)7-8(2)10-3/h8-10H,4-7H2,1-3H3. The van der Waals surface area contributed by atoms with Gasteiger partial charge in [-0.2, -0.15) is 0 Å². The molecule has 2 heteroatoms.